The van der Waals surface area contributed by atoms with E-state index in [1.54, 1.807) is 36.4 Å². The van der Waals surface area contributed by atoms with Gasteiger partial charge >= 0.3 is 0 Å². The number of hydrogen-bond donors (Lipinski definition) is 1. The van der Waals surface area contributed by atoms with E-state index in [0.717, 1.165) is 5.56 Å². The highest BCUT2D eigenvalue weighted by molar-refractivity contribution is 9.10. The molecule has 7 heteroatoms. The lowest BCUT2D eigenvalue weighted by atomic mass is 10.2. The number of nitrogens with one attached hydrogen (secondary N) is 1. The number of benzene rings is 2. The molecule has 0 aromatic heterocycles. The van der Waals surface area contributed by atoms with E-state index >= 15 is 0 Å². The van der Waals surface area contributed by atoms with Crippen LogP contribution in [0.5, 0.6) is 11.5 Å². The summed E-state index contributed by atoms with van der Waals surface area (Å²) in [5.74, 6) is 1.12. The number of ether oxygens (including phenoxy) is 2. The van der Waals surface area contributed by atoms with Crippen molar-refractivity contribution >= 4 is 31.6 Å². The maximum absolute atomic E-state index is 12.4. The topological polar surface area (TPSA) is 64.6 Å². The molecular weight excluding hydrogens is 370 g/mol. The third-order valence-corrected chi connectivity index (χ3v) is 5.24. The standard InChI is InChI=1S/C15H14BrNO4S/c1-10-2-4-11(5-3-10)22(18,19)17-13-9-15-14(8-12(13)16)20-6-7-21-15/h2-5,8-9,17H,6-7H2,1H3. The van der Waals surface area contributed by atoms with E-state index in [4.69, 9.17) is 9.47 Å². The summed E-state index contributed by atoms with van der Waals surface area (Å²) in [7, 11) is -3.66. The Morgan fingerprint density at radius 1 is 1.05 bits per heavy atom. The molecule has 0 saturated heterocycles. The maximum Gasteiger partial charge on any atom is 0.261 e. The summed E-state index contributed by atoms with van der Waals surface area (Å²) in [5.41, 5.74) is 1.41. The van der Waals surface area contributed by atoms with Crippen LogP contribution in [0.1, 0.15) is 5.56 Å². The van der Waals surface area contributed by atoms with E-state index < -0.39 is 10.0 Å². The van der Waals surface area contributed by atoms with Gasteiger partial charge in [-0.1, -0.05) is 17.7 Å². The van der Waals surface area contributed by atoms with Gasteiger partial charge in [0.05, 0.1) is 10.6 Å². The van der Waals surface area contributed by atoms with Crippen molar-refractivity contribution in [3.8, 4) is 11.5 Å². The minimum absolute atomic E-state index is 0.208. The summed E-state index contributed by atoms with van der Waals surface area (Å²) in [6.07, 6.45) is 0. The highest BCUT2D eigenvalue weighted by Gasteiger charge is 2.19. The molecule has 0 spiro atoms. The van der Waals surface area contributed by atoms with Gasteiger partial charge in [-0.05, 0) is 35.0 Å². The van der Waals surface area contributed by atoms with Gasteiger partial charge in [-0.15, -0.1) is 0 Å². The van der Waals surface area contributed by atoms with Crippen LogP contribution in [0.3, 0.4) is 0 Å². The lowest BCUT2D eigenvalue weighted by molar-refractivity contribution is 0.171. The Kier molecular flexibility index (Phi) is 4.01. The SMILES string of the molecule is Cc1ccc(S(=O)(=O)Nc2cc3c(cc2Br)OCCO3)cc1. The van der Waals surface area contributed by atoms with E-state index in [2.05, 4.69) is 20.7 Å². The van der Waals surface area contributed by atoms with Crippen molar-refractivity contribution in [2.24, 2.45) is 0 Å². The van der Waals surface area contributed by atoms with Crippen LogP contribution in [0.2, 0.25) is 0 Å². The molecule has 0 unspecified atom stereocenters. The average Bonchev–Trinajstić information content (AvgIpc) is 2.48. The monoisotopic (exact) mass is 383 g/mol. The lowest BCUT2D eigenvalue weighted by Gasteiger charge is -2.20. The fourth-order valence-electron chi connectivity index (χ4n) is 2.06. The molecule has 0 fully saturated rings. The van der Waals surface area contributed by atoms with Crippen molar-refractivity contribution in [1.29, 1.82) is 0 Å². The first-order valence-electron chi connectivity index (χ1n) is 6.64. The molecule has 116 valence electrons. The maximum atomic E-state index is 12.4. The van der Waals surface area contributed by atoms with Crippen molar-refractivity contribution in [1.82, 2.24) is 0 Å². The van der Waals surface area contributed by atoms with Crippen LogP contribution in [0.4, 0.5) is 5.69 Å². The van der Waals surface area contributed by atoms with Gasteiger partial charge in [-0.2, -0.15) is 0 Å². The minimum atomic E-state index is -3.66. The van der Waals surface area contributed by atoms with E-state index in [1.807, 2.05) is 6.92 Å². The summed E-state index contributed by atoms with van der Waals surface area (Å²) >= 11 is 3.35. The van der Waals surface area contributed by atoms with Gasteiger partial charge in [-0.25, -0.2) is 8.42 Å². The van der Waals surface area contributed by atoms with Crippen LogP contribution in [0.25, 0.3) is 0 Å². The van der Waals surface area contributed by atoms with E-state index in [0.29, 0.717) is 34.9 Å². The normalized spacial score (nSPS) is 13.7. The first-order chi connectivity index (χ1) is 10.5. The lowest BCUT2D eigenvalue weighted by Crippen LogP contribution is -2.17. The molecule has 0 saturated carbocycles. The highest BCUT2D eigenvalue weighted by atomic mass is 79.9. The number of halogens is 1. The summed E-state index contributed by atoms with van der Waals surface area (Å²) in [5, 5.41) is 0. The van der Waals surface area contributed by atoms with Crippen molar-refractivity contribution < 1.29 is 17.9 Å². The number of rotatable bonds is 3. The number of aryl methyl sites for hydroxylation is 1. The second kappa shape index (κ2) is 5.81. The van der Waals surface area contributed by atoms with Gasteiger partial charge in [0.25, 0.3) is 10.0 Å². The number of hydrogen-bond acceptors (Lipinski definition) is 4. The molecule has 0 atom stereocenters. The van der Waals surface area contributed by atoms with Crippen molar-refractivity contribution in [2.45, 2.75) is 11.8 Å². The molecule has 3 rings (SSSR count). The minimum Gasteiger partial charge on any atom is -0.486 e. The highest BCUT2D eigenvalue weighted by Crippen LogP contribution is 2.38. The third-order valence-electron chi connectivity index (χ3n) is 3.21. The van der Waals surface area contributed by atoms with Gasteiger partial charge in [0, 0.05) is 16.6 Å². The zero-order valence-electron chi connectivity index (χ0n) is 11.8. The van der Waals surface area contributed by atoms with Crippen molar-refractivity contribution in [3.05, 3.63) is 46.4 Å². The molecule has 0 radical (unpaired) electrons. The Balaban J connectivity index is 1.93. The number of anilines is 1. The van der Waals surface area contributed by atoms with Crippen LogP contribution < -0.4 is 14.2 Å². The van der Waals surface area contributed by atoms with Crippen LogP contribution in [0.15, 0.2) is 45.8 Å². The fourth-order valence-corrected chi connectivity index (χ4v) is 3.69. The molecule has 1 N–H and O–H groups in total. The largest absolute Gasteiger partial charge is 0.486 e. The molecule has 5 nitrogen and oxygen atoms in total. The van der Waals surface area contributed by atoms with Crippen LogP contribution in [-0.2, 0) is 10.0 Å². The molecule has 22 heavy (non-hydrogen) atoms. The first-order valence-corrected chi connectivity index (χ1v) is 8.92. The predicted octanol–water partition coefficient (Wildman–Crippen LogP) is 3.33. The predicted molar refractivity (Wildman–Crippen MR) is 87.1 cm³/mol. The Bertz CT molecular complexity index is 803. The molecule has 0 amide bonds. The molecule has 2 aromatic carbocycles. The van der Waals surface area contributed by atoms with Gasteiger partial charge in [0.1, 0.15) is 13.2 Å². The van der Waals surface area contributed by atoms with E-state index in [1.165, 1.54) is 0 Å². The van der Waals surface area contributed by atoms with Crippen molar-refractivity contribution in [3.63, 3.8) is 0 Å². The van der Waals surface area contributed by atoms with Gasteiger partial charge in [0.15, 0.2) is 11.5 Å². The molecule has 2 aromatic rings. The van der Waals surface area contributed by atoms with Crippen LogP contribution in [0, 0.1) is 6.92 Å². The summed E-state index contributed by atoms with van der Waals surface area (Å²) in [6, 6.07) is 9.97. The van der Waals surface area contributed by atoms with Crippen LogP contribution in [-0.4, -0.2) is 21.6 Å². The molecule has 1 aliphatic heterocycles. The fraction of sp³-hybridized carbons (Fsp3) is 0.200. The Morgan fingerprint density at radius 2 is 1.64 bits per heavy atom. The quantitative estimate of drug-likeness (QED) is 0.882. The van der Waals surface area contributed by atoms with Gasteiger partial charge < -0.3 is 9.47 Å². The average molecular weight is 384 g/mol. The molecule has 1 heterocycles. The third kappa shape index (κ3) is 3.05. The molecular formula is C15H14BrNO4S. The van der Waals surface area contributed by atoms with E-state index in [-0.39, 0.29) is 4.90 Å². The van der Waals surface area contributed by atoms with Gasteiger partial charge in [-0.3, -0.25) is 4.72 Å². The van der Waals surface area contributed by atoms with E-state index in [9.17, 15) is 8.42 Å². The Morgan fingerprint density at radius 3 is 2.27 bits per heavy atom. The number of fused-ring (bicyclic) bond motifs is 1. The summed E-state index contributed by atoms with van der Waals surface area (Å²) < 4.78 is 38.9. The summed E-state index contributed by atoms with van der Waals surface area (Å²) in [4.78, 5) is 0.208. The smallest absolute Gasteiger partial charge is 0.261 e. The summed E-state index contributed by atoms with van der Waals surface area (Å²) in [6.45, 7) is 2.83. The van der Waals surface area contributed by atoms with Crippen molar-refractivity contribution in [2.75, 3.05) is 17.9 Å². The Hall–Kier alpha value is -1.73. The Labute approximate surface area is 137 Å². The van der Waals surface area contributed by atoms with Gasteiger partial charge in [0.2, 0.25) is 0 Å². The second-order valence-corrected chi connectivity index (χ2v) is 7.43. The molecule has 0 bridgehead atoms. The van der Waals surface area contributed by atoms with Crippen LogP contribution >= 0.6 is 15.9 Å². The molecule has 0 aliphatic carbocycles. The zero-order valence-corrected chi connectivity index (χ0v) is 14.2. The zero-order chi connectivity index (χ0) is 15.7. The number of sulfonamides is 1. The second-order valence-electron chi connectivity index (χ2n) is 4.89. The molecule has 1 aliphatic rings. The first kappa shape index (κ1) is 15.2.